The molecule has 0 aromatic carbocycles. The summed E-state index contributed by atoms with van der Waals surface area (Å²) >= 11 is 0. The van der Waals surface area contributed by atoms with Crippen molar-refractivity contribution < 1.29 is 5.11 Å². The number of aromatic nitrogens is 2. The van der Waals surface area contributed by atoms with E-state index in [1.807, 2.05) is 6.92 Å². The van der Waals surface area contributed by atoms with Crippen LogP contribution in [0.25, 0.3) is 0 Å². The van der Waals surface area contributed by atoms with E-state index in [0.29, 0.717) is 5.92 Å². The van der Waals surface area contributed by atoms with Crippen LogP contribution in [-0.4, -0.2) is 34.3 Å². The number of hydrogen-bond donors (Lipinski definition) is 1. The SMILES string of the molecule is CCc1cc(N2CCC(C(C)O)CC2)ncn1. The minimum absolute atomic E-state index is 0.186. The maximum absolute atomic E-state index is 9.57. The topological polar surface area (TPSA) is 49.2 Å². The van der Waals surface area contributed by atoms with Crippen LogP contribution in [0.4, 0.5) is 5.82 Å². The quantitative estimate of drug-likeness (QED) is 0.865. The molecule has 2 rings (SSSR count). The van der Waals surface area contributed by atoms with Gasteiger partial charge in [0.15, 0.2) is 0 Å². The average Bonchev–Trinajstić information content (AvgIpc) is 2.39. The van der Waals surface area contributed by atoms with Crippen molar-refractivity contribution in [3.05, 3.63) is 18.1 Å². The van der Waals surface area contributed by atoms with Crippen molar-refractivity contribution in [2.45, 2.75) is 39.2 Å². The largest absolute Gasteiger partial charge is 0.393 e. The minimum atomic E-state index is -0.186. The fraction of sp³-hybridized carbons (Fsp3) is 0.692. The number of piperidine rings is 1. The highest BCUT2D eigenvalue weighted by atomic mass is 16.3. The summed E-state index contributed by atoms with van der Waals surface area (Å²) < 4.78 is 0. The molecule has 1 N–H and O–H groups in total. The zero-order chi connectivity index (χ0) is 12.3. The molecule has 0 radical (unpaired) electrons. The van der Waals surface area contributed by atoms with Crippen LogP contribution in [0.15, 0.2) is 12.4 Å². The number of aliphatic hydroxyl groups is 1. The first-order valence-corrected chi connectivity index (χ1v) is 6.44. The van der Waals surface area contributed by atoms with E-state index in [1.165, 1.54) is 0 Å². The molecule has 0 amide bonds. The Morgan fingerprint density at radius 3 is 2.71 bits per heavy atom. The molecule has 1 fully saturated rings. The Morgan fingerprint density at radius 2 is 2.12 bits per heavy atom. The summed E-state index contributed by atoms with van der Waals surface area (Å²) in [6, 6.07) is 2.07. The predicted octanol–water partition coefficient (Wildman–Crippen LogP) is 1.64. The molecule has 1 unspecified atom stereocenters. The Balaban J connectivity index is 2.00. The summed E-state index contributed by atoms with van der Waals surface area (Å²) in [4.78, 5) is 10.8. The summed E-state index contributed by atoms with van der Waals surface area (Å²) in [7, 11) is 0. The molecule has 1 aliphatic heterocycles. The van der Waals surface area contributed by atoms with Gasteiger partial charge in [-0.25, -0.2) is 9.97 Å². The summed E-state index contributed by atoms with van der Waals surface area (Å²) in [5, 5.41) is 9.57. The van der Waals surface area contributed by atoms with Crippen LogP contribution in [0.1, 0.15) is 32.4 Å². The van der Waals surface area contributed by atoms with Gasteiger partial charge >= 0.3 is 0 Å². The molecular formula is C13H21N3O. The van der Waals surface area contributed by atoms with Crippen LogP contribution in [0, 0.1) is 5.92 Å². The van der Waals surface area contributed by atoms with Crippen LogP contribution in [0.5, 0.6) is 0 Å². The van der Waals surface area contributed by atoms with Gasteiger partial charge < -0.3 is 10.0 Å². The second-order valence-electron chi connectivity index (χ2n) is 4.79. The van der Waals surface area contributed by atoms with Gasteiger partial charge in [0, 0.05) is 24.8 Å². The molecule has 17 heavy (non-hydrogen) atoms. The van der Waals surface area contributed by atoms with Gasteiger partial charge in [0.25, 0.3) is 0 Å². The van der Waals surface area contributed by atoms with Gasteiger partial charge in [-0.05, 0) is 32.1 Å². The van der Waals surface area contributed by atoms with Gasteiger partial charge in [0.1, 0.15) is 12.1 Å². The van der Waals surface area contributed by atoms with Crippen LogP contribution in [-0.2, 0) is 6.42 Å². The zero-order valence-electron chi connectivity index (χ0n) is 10.6. The Hall–Kier alpha value is -1.16. The smallest absolute Gasteiger partial charge is 0.132 e. The number of aryl methyl sites for hydroxylation is 1. The summed E-state index contributed by atoms with van der Waals surface area (Å²) in [6.45, 7) is 5.96. The summed E-state index contributed by atoms with van der Waals surface area (Å²) in [5.41, 5.74) is 1.09. The highest BCUT2D eigenvalue weighted by Crippen LogP contribution is 2.24. The first kappa shape index (κ1) is 12.3. The molecule has 0 saturated carbocycles. The van der Waals surface area contributed by atoms with Gasteiger partial charge in [-0.1, -0.05) is 6.92 Å². The lowest BCUT2D eigenvalue weighted by atomic mass is 9.92. The van der Waals surface area contributed by atoms with Crippen molar-refractivity contribution in [1.82, 2.24) is 9.97 Å². The van der Waals surface area contributed by atoms with Crippen LogP contribution in [0.2, 0.25) is 0 Å². The summed E-state index contributed by atoms with van der Waals surface area (Å²) in [6.07, 6.45) is 4.50. The lowest BCUT2D eigenvalue weighted by Gasteiger charge is -2.34. The number of rotatable bonds is 3. The normalized spacial score (nSPS) is 19.4. The molecule has 1 atom stereocenters. The second kappa shape index (κ2) is 5.45. The van der Waals surface area contributed by atoms with Crippen molar-refractivity contribution in [2.75, 3.05) is 18.0 Å². The van der Waals surface area contributed by atoms with Gasteiger partial charge in [-0.2, -0.15) is 0 Å². The molecular weight excluding hydrogens is 214 g/mol. The third-order valence-electron chi connectivity index (χ3n) is 3.62. The van der Waals surface area contributed by atoms with Crippen LogP contribution in [0.3, 0.4) is 0 Å². The Labute approximate surface area is 103 Å². The van der Waals surface area contributed by atoms with Gasteiger partial charge in [-0.15, -0.1) is 0 Å². The predicted molar refractivity (Wildman–Crippen MR) is 68.0 cm³/mol. The minimum Gasteiger partial charge on any atom is -0.393 e. The van der Waals surface area contributed by atoms with Gasteiger partial charge in [0.2, 0.25) is 0 Å². The molecule has 0 aliphatic carbocycles. The third kappa shape index (κ3) is 2.94. The fourth-order valence-electron chi connectivity index (χ4n) is 2.36. The number of nitrogens with zero attached hydrogens (tertiary/aromatic N) is 3. The maximum Gasteiger partial charge on any atom is 0.132 e. The molecule has 0 bridgehead atoms. The van der Waals surface area contributed by atoms with Crippen molar-refractivity contribution in [3.8, 4) is 0 Å². The van der Waals surface area contributed by atoms with E-state index in [9.17, 15) is 5.11 Å². The summed E-state index contributed by atoms with van der Waals surface area (Å²) in [5.74, 6) is 1.47. The lowest BCUT2D eigenvalue weighted by molar-refractivity contribution is 0.110. The Morgan fingerprint density at radius 1 is 1.41 bits per heavy atom. The third-order valence-corrected chi connectivity index (χ3v) is 3.62. The molecule has 2 heterocycles. The second-order valence-corrected chi connectivity index (χ2v) is 4.79. The molecule has 94 valence electrons. The molecule has 4 heteroatoms. The van der Waals surface area contributed by atoms with Crippen molar-refractivity contribution in [2.24, 2.45) is 5.92 Å². The van der Waals surface area contributed by atoms with E-state index in [4.69, 9.17) is 0 Å². The van der Waals surface area contributed by atoms with E-state index in [2.05, 4.69) is 27.9 Å². The van der Waals surface area contributed by atoms with E-state index in [0.717, 1.165) is 43.9 Å². The van der Waals surface area contributed by atoms with Crippen molar-refractivity contribution >= 4 is 5.82 Å². The molecule has 1 saturated heterocycles. The Kier molecular flexibility index (Phi) is 3.94. The number of aliphatic hydroxyl groups excluding tert-OH is 1. The Bertz CT molecular complexity index is 359. The average molecular weight is 235 g/mol. The standard InChI is InChI=1S/C13H21N3O/c1-3-12-8-13(15-9-14-12)16-6-4-11(5-7-16)10(2)17/h8-11,17H,3-7H2,1-2H3. The molecule has 4 nitrogen and oxygen atoms in total. The van der Waals surface area contributed by atoms with E-state index < -0.39 is 0 Å². The highest BCUT2D eigenvalue weighted by Gasteiger charge is 2.23. The molecule has 0 spiro atoms. The molecule has 1 aliphatic rings. The lowest BCUT2D eigenvalue weighted by Crippen LogP contribution is -2.37. The van der Waals surface area contributed by atoms with Crippen LogP contribution >= 0.6 is 0 Å². The monoisotopic (exact) mass is 235 g/mol. The van der Waals surface area contributed by atoms with Crippen molar-refractivity contribution in [1.29, 1.82) is 0 Å². The number of hydrogen-bond acceptors (Lipinski definition) is 4. The van der Waals surface area contributed by atoms with Gasteiger partial charge in [0.05, 0.1) is 6.10 Å². The van der Waals surface area contributed by atoms with Gasteiger partial charge in [-0.3, -0.25) is 0 Å². The number of anilines is 1. The van der Waals surface area contributed by atoms with E-state index in [1.54, 1.807) is 6.33 Å². The maximum atomic E-state index is 9.57. The fourth-order valence-corrected chi connectivity index (χ4v) is 2.36. The van der Waals surface area contributed by atoms with Crippen molar-refractivity contribution in [3.63, 3.8) is 0 Å². The van der Waals surface area contributed by atoms with Crippen LogP contribution < -0.4 is 4.90 Å². The first-order chi connectivity index (χ1) is 8.20. The first-order valence-electron chi connectivity index (χ1n) is 6.44. The van der Waals surface area contributed by atoms with E-state index >= 15 is 0 Å². The highest BCUT2D eigenvalue weighted by molar-refractivity contribution is 5.39. The molecule has 1 aromatic heterocycles. The zero-order valence-corrected chi connectivity index (χ0v) is 10.6. The van der Waals surface area contributed by atoms with E-state index in [-0.39, 0.29) is 6.10 Å². The molecule has 1 aromatic rings.